The molecule has 29 heavy (non-hydrogen) atoms. The Labute approximate surface area is 184 Å². The first-order chi connectivity index (χ1) is 13.3. The normalized spacial score (nSPS) is 11.6. The Morgan fingerprint density at radius 1 is 1.00 bits per heavy atom. The SMILES string of the molecule is COc1ccc(NC(N)=NCc2ccc(COCC(F)(F)F)cc2)cc1OC.I. The number of hydrogen-bond acceptors (Lipinski definition) is 4. The Morgan fingerprint density at radius 2 is 1.62 bits per heavy atom. The molecule has 0 saturated carbocycles. The fourth-order valence-corrected chi connectivity index (χ4v) is 2.30. The van der Waals surface area contributed by atoms with Gasteiger partial charge < -0.3 is 25.3 Å². The van der Waals surface area contributed by atoms with Gasteiger partial charge in [-0.05, 0) is 23.3 Å². The topological polar surface area (TPSA) is 78.1 Å². The smallest absolute Gasteiger partial charge is 0.411 e. The van der Waals surface area contributed by atoms with Crippen LogP contribution in [-0.4, -0.2) is 33.0 Å². The number of alkyl halides is 3. The van der Waals surface area contributed by atoms with Gasteiger partial charge in [-0.15, -0.1) is 24.0 Å². The largest absolute Gasteiger partial charge is 0.493 e. The van der Waals surface area contributed by atoms with Gasteiger partial charge in [0.2, 0.25) is 0 Å². The minimum Gasteiger partial charge on any atom is -0.493 e. The van der Waals surface area contributed by atoms with E-state index in [1.165, 1.54) is 7.11 Å². The summed E-state index contributed by atoms with van der Waals surface area (Å²) in [7, 11) is 3.09. The maximum absolute atomic E-state index is 12.1. The van der Waals surface area contributed by atoms with E-state index in [0.29, 0.717) is 29.3 Å². The van der Waals surface area contributed by atoms with Gasteiger partial charge in [0.25, 0.3) is 0 Å². The van der Waals surface area contributed by atoms with Crippen LogP contribution >= 0.6 is 24.0 Å². The minimum absolute atomic E-state index is 0. The zero-order chi connectivity index (χ0) is 20.6. The first-order valence-corrected chi connectivity index (χ1v) is 8.32. The third-order valence-electron chi connectivity index (χ3n) is 3.65. The monoisotopic (exact) mass is 525 g/mol. The zero-order valence-corrected chi connectivity index (χ0v) is 18.3. The van der Waals surface area contributed by atoms with Crippen molar-refractivity contribution in [1.29, 1.82) is 0 Å². The Kier molecular flexibility index (Phi) is 10.0. The summed E-state index contributed by atoms with van der Waals surface area (Å²) in [5.74, 6) is 1.37. The number of aliphatic imine (C=N–C) groups is 1. The van der Waals surface area contributed by atoms with Crippen LogP contribution in [-0.2, 0) is 17.9 Å². The number of nitrogens with zero attached hydrogens (tertiary/aromatic N) is 1. The number of anilines is 1. The van der Waals surface area contributed by atoms with Gasteiger partial charge in [0.1, 0.15) is 6.61 Å². The maximum atomic E-state index is 12.1. The average Bonchev–Trinajstić information content (AvgIpc) is 2.66. The summed E-state index contributed by atoms with van der Waals surface area (Å²) in [4.78, 5) is 4.24. The second-order valence-corrected chi connectivity index (χ2v) is 5.82. The highest BCUT2D eigenvalue weighted by molar-refractivity contribution is 14.0. The molecule has 0 saturated heterocycles. The third-order valence-corrected chi connectivity index (χ3v) is 3.65. The molecule has 0 aromatic heterocycles. The van der Waals surface area contributed by atoms with E-state index in [0.717, 1.165) is 5.56 Å². The molecule has 0 unspecified atom stereocenters. The van der Waals surface area contributed by atoms with Crippen LogP contribution in [0.1, 0.15) is 11.1 Å². The van der Waals surface area contributed by atoms with Gasteiger partial charge in [0.15, 0.2) is 17.5 Å². The van der Waals surface area contributed by atoms with Crippen LogP contribution in [0.2, 0.25) is 0 Å². The molecule has 2 rings (SSSR count). The number of halogens is 4. The standard InChI is InChI=1S/C19H22F3N3O3.HI/c1-26-16-8-7-15(9-17(16)27-2)25-18(23)24-10-13-3-5-14(6-4-13)11-28-12-19(20,21)22;/h3-9H,10-12H2,1-2H3,(H3,23,24,25);1H. The third kappa shape index (κ3) is 8.77. The van der Waals surface area contributed by atoms with E-state index < -0.39 is 12.8 Å². The van der Waals surface area contributed by atoms with Crippen molar-refractivity contribution in [3.05, 3.63) is 53.6 Å². The van der Waals surface area contributed by atoms with Crippen molar-refractivity contribution in [3.63, 3.8) is 0 Å². The van der Waals surface area contributed by atoms with Gasteiger partial charge in [0, 0.05) is 11.8 Å². The molecule has 0 aliphatic rings. The fraction of sp³-hybridized carbons (Fsp3) is 0.316. The van der Waals surface area contributed by atoms with Crippen molar-refractivity contribution in [2.45, 2.75) is 19.3 Å². The van der Waals surface area contributed by atoms with Gasteiger partial charge in [0.05, 0.1) is 27.4 Å². The number of guanidine groups is 1. The molecule has 0 fully saturated rings. The molecule has 0 aliphatic heterocycles. The number of rotatable bonds is 8. The molecule has 0 heterocycles. The van der Waals surface area contributed by atoms with Crippen molar-refractivity contribution >= 4 is 35.6 Å². The molecule has 160 valence electrons. The summed E-state index contributed by atoms with van der Waals surface area (Å²) in [5.41, 5.74) is 8.09. The molecule has 0 radical (unpaired) electrons. The van der Waals surface area contributed by atoms with Crippen LogP contribution in [0.4, 0.5) is 18.9 Å². The lowest BCUT2D eigenvalue weighted by atomic mass is 10.1. The van der Waals surface area contributed by atoms with Crippen LogP contribution < -0.4 is 20.5 Å². The van der Waals surface area contributed by atoms with E-state index >= 15 is 0 Å². The highest BCUT2D eigenvalue weighted by Crippen LogP contribution is 2.29. The molecule has 3 N–H and O–H groups in total. The molecule has 2 aromatic carbocycles. The van der Waals surface area contributed by atoms with Crippen LogP contribution in [0.3, 0.4) is 0 Å². The molecule has 0 atom stereocenters. The molecule has 2 aromatic rings. The van der Waals surface area contributed by atoms with Crippen molar-refractivity contribution in [2.24, 2.45) is 10.7 Å². The van der Waals surface area contributed by atoms with E-state index in [1.54, 1.807) is 49.6 Å². The summed E-state index contributed by atoms with van der Waals surface area (Å²) in [6, 6.07) is 12.2. The van der Waals surface area contributed by atoms with Crippen molar-refractivity contribution in [1.82, 2.24) is 0 Å². The van der Waals surface area contributed by atoms with Gasteiger partial charge in [-0.1, -0.05) is 24.3 Å². The highest BCUT2D eigenvalue weighted by atomic mass is 127. The number of nitrogens with two attached hydrogens (primary N) is 1. The lowest BCUT2D eigenvalue weighted by Crippen LogP contribution is -2.22. The Bertz CT molecular complexity index is 800. The van der Waals surface area contributed by atoms with E-state index in [9.17, 15) is 13.2 Å². The second-order valence-electron chi connectivity index (χ2n) is 5.82. The van der Waals surface area contributed by atoms with Crippen molar-refractivity contribution in [3.8, 4) is 11.5 Å². The zero-order valence-electron chi connectivity index (χ0n) is 16.0. The van der Waals surface area contributed by atoms with Crippen LogP contribution in [0.25, 0.3) is 0 Å². The maximum Gasteiger partial charge on any atom is 0.411 e. The number of ether oxygens (including phenoxy) is 3. The van der Waals surface area contributed by atoms with Crippen LogP contribution in [0, 0.1) is 0 Å². The summed E-state index contributed by atoms with van der Waals surface area (Å²) < 4.78 is 51.2. The summed E-state index contributed by atoms with van der Waals surface area (Å²) in [6.07, 6.45) is -4.33. The summed E-state index contributed by atoms with van der Waals surface area (Å²) >= 11 is 0. The number of nitrogens with one attached hydrogen (secondary N) is 1. The molecule has 0 bridgehead atoms. The second kappa shape index (κ2) is 11.7. The van der Waals surface area contributed by atoms with E-state index in [-0.39, 0.29) is 36.5 Å². The predicted molar refractivity (Wildman–Crippen MR) is 116 cm³/mol. The molecule has 6 nitrogen and oxygen atoms in total. The molecular weight excluding hydrogens is 502 g/mol. The average molecular weight is 525 g/mol. The lowest BCUT2D eigenvalue weighted by Gasteiger charge is -2.11. The molecule has 0 amide bonds. The number of benzene rings is 2. The van der Waals surface area contributed by atoms with Gasteiger partial charge in [-0.3, -0.25) is 0 Å². The molecule has 10 heteroatoms. The number of methoxy groups -OCH3 is 2. The fourth-order valence-electron chi connectivity index (χ4n) is 2.30. The Morgan fingerprint density at radius 3 is 2.21 bits per heavy atom. The van der Waals surface area contributed by atoms with Crippen molar-refractivity contribution in [2.75, 3.05) is 26.1 Å². The summed E-state index contributed by atoms with van der Waals surface area (Å²) in [6.45, 7) is -1.06. The Hall–Kier alpha value is -2.21. The van der Waals surface area contributed by atoms with E-state index in [1.807, 2.05) is 0 Å². The van der Waals surface area contributed by atoms with Crippen LogP contribution in [0.5, 0.6) is 11.5 Å². The molecule has 0 aliphatic carbocycles. The van der Waals surface area contributed by atoms with E-state index in [2.05, 4.69) is 15.0 Å². The summed E-state index contributed by atoms with van der Waals surface area (Å²) in [5, 5.41) is 2.96. The first kappa shape index (κ1) is 24.8. The number of hydrogen-bond donors (Lipinski definition) is 2. The van der Waals surface area contributed by atoms with E-state index in [4.69, 9.17) is 15.2 Å². The molecular formula is C19H23F3IN3O3. The highest BCUT2D eigenvalue weighted by Gasteiger charge is 2.27. The molecule has 0 spiro atoms. The van der Waals surface area contributed by atoms with Crippen molar-refractivity contribution < 1.29 is 27.4 Å². The lowest BCUT2D eigenvalue weighted by molar-refractivity contribution is -0.176. The van der Waals surface area contributed by atoms with Gasteiger partial charge in [-0.25, -0.2) is 4.99 Å². The minimum atomic E-state index is -4.33. The quantitative estimate of drug-likeness (QED) is 0.305. The van der Waals surface area contributed by atoms with Gasteiger partial charge in [-0.2, -0.15) is 13.2 Å². The Balaban J connectivity index is 0.00000420. The first-order valence-electron chi connectivity index (χ1n) is 8.32. The predicted octanol–water partition coefficient (Wildman–Crippen LogP) is 4.33. The van der Waals surface area contributed by atoms with Crippen LogP contribution in [0.15, 0.2) is 47.5 Å². The van der Waals surface area contributed by atoms with Gasteiger partial charge >= 0.3 is 6.18 Å².